The number of benzene rings is 1. The van der Waals surface area contributed by atoms with E-state index in [0.29, 0.717) is 16.6 Å². The van der Waals surface area contributed by atoms with Crippen LogP contribution in [0.5, 0.6) is 0 Å². The Bertz CT molecular complexity index is 972. The molecule has 0 amide bonds. The molecule has 1 aliphatic rings. The van der Waals surface area contributed by atoms with Crippen LogP contribution in [-0.2, 0) is 0 Å². The van der Waals surface area contributed by atoms with Gasteiger partial charge >= 0.3 is 0 Å². The maximum Gasteiger partial charge on any atom is 0.281 e. The third-order valence-corrected chi connectivity index (χ3v) is 4.77. The van der Waals surface area contributed by atoms with Crippen molar-refractivity contribution >= 4 is 11.0 Å². The Kier molecular flexibility index (Phi) is 3.66. The molecule has 1 aliphatic carbocycles. The quantitative estimate of drug-likeness (QED) is 0.725. The van der Waals surface area contributed by atoms with Crippen molar-refractivity contribution in [1.82, 2.24) is 14.3 Å². The molecule has 1 aromatic carbocycles. The number of fused-ring (bicyclic) bond motifs is 1. The second-order valence-electron chi connectivity index (χ2n) is 6.30. The lowest BCUT2D eigenvalue weighted by molar-refractivity contribution is 0.317. The Hall–Kier alpha value is -2.87. The molecule has 3 aromatic rings. The average molecular weight is 318 g/mol. The smallest absolute Gasteiger partial charge is 0.267 e. The van der Waals surface area contributed by atoms with Gasteiger partial charge in [0, 0.05) is 6.20 Å². The number of hydrogen-bond donors (Lipinski definition) is 0. The van der Waals surface area contributed by atoms with Crippen LogP contribution in [0.25, 0.3) is 16.7 Å². The number of pyridine rings is 1. The van der Waals surface area contributed by atoms with E-state index >= 15 is 0 Å². The highest BCUT2D eigenvalue weighted by atomic mass is 16.1. The number of hydrogen-bond acceptors (Lipinski definition) is 3. The topological polar surface area (TPSA) is 63.6 Å². The molecule has 0 atom stereocenters. The lowest BCUT2D eigenvalue weighted by Crippen LogP contribution is -2.25. The molecule has 5 nitrogen and oxygen atoms in total. The van der Waals surface area contributed by atoms with Gasteiger partial charge < -0.3 is 0 Å². The predicted molar refractivity (Wildman–Crippen MR) is 92.2 cm³/mol. The SMILES string of the molecule is N#Cc1cnc2c(c1)c(=O)n(-c1ccccc1)n2C1CCCCC1. The summed E-state index contributed by atoms with van der Waals surface area (Å²) in [6.45, 7) is 0. The van der Waals surface area contributed by atoms with Crippen molar-refractivity contribution in [3.8, 4) is 11.8 Å². The van der Waals surface area contributed by atoms with E-state index in [9.17, 15) is 4.79 Å². The molecule has 0 unspecified atom stereocenters. The normalized spacial score (nSPS) is 15.5. The average Bonchev–Trinajstić information content (AvgIpc) is 2.95. The van der Waals surface area contributed by atoms with Gasteiger partial charge in [-0.15, -0.1) is 0 Å². The molecule has 5 heteroatoms. The van der Waals surface area contributed by atoms with Crippen LogP contribution in [0.4, 0.5) is 0 Å². The minimum atomic E-state index is -0.105. The summed E-state index contributed by atoms with van der Waals surface area (Å²) in [5.74, 6) is 0. The molecule has 2 aromatic heterocycles. The molecule has 24 heavy (non-hydrogen) atoms. The van der Waals surface area contributed by atoms with E-state index in [1.54, 1.807) is 16.9 Å². The van der Waals surface area contributed by atoms with Crippen molar-refractivity contribution in [2.75, 3.05) is 0 Å². The van der Waals surface area contributed by atoms with E-state index in [4.69, 9.17) is 5.26 Å². The zero-order chi connectivity index (χ0) is 16.5. The third-order valence-electron chi connectivity index (χ3n) is 4.77. The van der Waals surface area contributed by atoms with Gasteiger partial charge in [-0.1, -0.05) is 37.5 Å². The van der Waals surface area contributed by atoms with Crippen molar-refractivity contribution in [2.45, 2.75) is 38.1 Å². The highest BCUT2D eigenvalue weighted by Crippen LogP contribution is 2.31. The van der Waals surface area contributed by atoms with Gasteiger partial charge in [0.2, 0.25) is 0 Å². The summed E-state index contributed by atoms with van der Waals surface area (Å²) in [7, 11) is 0. The Morgan fingerprint density at radius 1 is 1.12 bits per heavy atom. The Morgan fingerprint density at radius 3 is 2.58 bits per heavy atom. The molecule has 0 spiro atoms. The van der Waals surface area contributed by atoms with Crippen molar-refractivity contribution in [1.29, 1.82) is 5.26 Å². The molecule has 1 saturated carbocycles. The van der Waals surface area contributed by atoms with Gasteiger partial charge in [0.1, 0.15) is 6.07 Å². The summed E-state index contributed by atoms with van der Waals surface area (Å²) < 4.78 is 3.78. The van der Waals surface area contributed by atoms with Gasteiger partial charge in [-0.2, -0.15) is 5.26 Å². The molecule has 0 aliphatic heterocycles. The molecule has 0 radical (unpaired) electrons. The zero-order valence-electron chi connectivity index (χ0n) is 13.4. The van der Waals surface area contributed by atoms with Gasteiger partial charge in [0.15, 0.2) is 5.65 Å². The first-order chi connectivity index (χ1) is 11.8. The molecule has 4 rings (SSSR count). The fourth-order valence-electron chi connectivity index (χ4n) is 3.64. The number of rotatable bonds is 2. The summed E-state index contributed by atoms with van der Waals surface area (Å²) in [5, 5.41) is 9.64. The standard InChI is InChI=1S/C19H18N4O/c20-12-14-11-17-18(21-13-14)22(15-7-3-1-4-8-15)23(19(17)24)16-9-5-2-6-10-16/h2,5-6,9-11,13,15H,1,3-4,7-8H2. The molecule has 2 heterocycles. The van der Waals surface area contributed by atoms with Crippen molar-refractivity contribution in [3.05, 3.63) is 58.5 Å². The summed E-state index contributed by atoms with van der Waals surface area (Å²) in [5.41, 5.74) is 1.83. The molecule has 1 fully saturated rings. The maximum absolute atomic E-state index is 13.1. The second kappa shape index (κ2) is 5.97. The minimum Gasteiger partial charge on any atom is -0.267 e. The maximum atomic E-state index is 13.1. The summed E-state index contributed by atoms with van der Waals surface area (Å²) in [4.78, 5) is 17.5. The van der Waals surface area contributed by atoms with Crippen LogP contribution in [-0.4, -0.2) is 14.3 Å². The van der Waals surface area contributed by atoms with E-state index < -0.39 is 0 Å². The van der Waals surface area contributed by atoms with Gasteiger partial charge in [-0.05, 0) is 31.0 Å². The number of aromatic nitrogens is 3. The number of nitriles is 1. The third kappa shape index (κ3) is 2.31. The van der Waals surface area contributed by atoms with Gasteiger partial charge in [0.25, 0.3) is 5.56 Å². The van der Waals surface area contributed by atoms with Crippen LogP contribution in [0.1, 0.15) is 43.7 Å². The molecular formula is C19H18N4O. The van der Waals surface area contributed by atoms with Crippen LogP contribution in [0.2, 0.25) is 0 Å². The first-order valence-corrected chi connectivity index (χ1v) is 8.38. The van der Waals surface area contributed by atoms with E-state index in [2.05, 4.69) is 11.1 Å². The van der Waals surface area contributed by atoms with Gasteiger partial charge in [-0.3, -0.25) is 9.48 Å². The minimum absolute atomic E-state index is 0.105. The second-order valence-corrected chi connectivity index (χ2v) is 6.30. The first-order valence-electron chi connectivity index (χ1n) is 8.38. The summed E-state index contributed by atoms with van der Waals surface area (Å²) in [6.07, 6.45) is 7.25. The Balaban J connectivity index is 2.03. The number of nitrogens with zero attached hydrogens (tertiary/aromatic N) is 4. The monoisotopic (exact) mass is 318 g/mol. The molecule has 0 N–H and O–H groups in total. The lowest BCUT2D eigenvalue weighted by Gasteiger charge is -2.26. The van der Waals surface area contributed by atoms with Crippen LogP contribution in [0.3, 0.4) is 0 Å². The number of para-hydroxylation sites is 1. The van der Waals surface area contributed by atoms with Gasteiger partial charge in [-0.25, -0.2) is 9.67 Å². The highest BCUT2D eigenvalue weighted by molar-refractivity contribution is 5.76. The molecule has 120 valence electrons. The fourth-order valence-corrected chi connectivity index (χ4v) is 3.64. The van der Waals surface area contributed by atoms with Crippen molar-refractivity contribution < 1.29 is 0 Å². The van der Waals surface area contributed by atoms with E-state index in [1.165, 1.54) is 19.3 Å². The van der Waals surface area contributed by atoms with Crippen LogP contribution in [0, 0.1) is 11.3 Å². The van der Waals surface area contributed by atoms with Crippen LogP contribution >= 0.6 is 0 Å². The van der Waals surface area contributed by atoms with E-state index in [-0.39, 0.29) is 11.6 Å². The van der Waals surface area contributed by atoms with Crippen LogP contribution in [0.15, 0.2) is 47.4 Å². The van der Waals surface area contributed by atoms with Gasteiger partial charge in [0.05, 0.1) is 22.7 Å². The first kappa shape index (κ1) is 14.7. The van der Waals surface area contributed by atoms with E-state index in [1.807, 2.05) is 35.0 Å². The largest absolute Gasteiger partial charge is 0.281 e. The molecule has 0 bridgehead atoms. The fraction of sp³-hybridized carbons (Fsp3) is 0.316. The molecule has 0 saturated heterocycles. The van der Waals surface area contributed by atoms with Crippen molar-refractivity contribution in [2.24, 2.45) is 0 Å². The Morgan fingerprint density at radius 2 is 1.88 bits per heavy atom. The van der Waals surface area contributed by atoms with E-state index in [0.717, 1.165) is 18.5 Å². The highest BCUT2D eigenvalue weighted by Gasteiger charge is 2.24. The zero-order valence-corrected chi connectivity index (χ0v) is 13.4. The summed E-state index contributed by atoms with van der Waals surface area (Å²) >= 11 is 0. The summed E-state index contributed by atoms with van der Waals surface area (Å²) in [6, 6.07) is 13.7. The lowest BCUT2D eigenvalue weighted by atomic mass is 9.95. The predicted octanol–water partition coefficient (Wildman–Crippen LogP) is 3.56. The molecular weight excluding hydrogens is 300 g/mol. The Labute approximate surface area is 139 Å². The van der Waals surface area contributed by atoms with Crippen molar-refractivity contribution in [3.63, 3.8) is 0 Å². The van der Waals surface area contributed by atoms with Crippen LogP contribution < -0.4 is 5.56 Å².